The minimum absolute atomic E-state index is 0.103. The molecule has 0 aromatic heterocycles. The highest BCUT2D eigenvalue weighted by molar-refractivity contribution is 5.86. The van der Waals surface area contributed by atoms with Gasteiger partial charge < -0.3 is 20.8 Å². The lowest BCUT2D eigenvalue weighted by molar-refractivity contribution is -0.145. The summed E-state index contributed by atoms with van der Waals surface area (Å²) in [5, 5.41) is 22.1. The molecule has 0 aliphatic carbocycles. The summed E-state index contributed by atoms with van der Waals surface area (Å²) in [6, 6.07) is -2.19. The molecule has 19 heavy (non-hydrogen) atoms. The number of carboxylic acid groups (broad SMARTS) is 2. The van der Waals surface area contributed by atoms with Crippen molar-refractivity contribution in [1.29, 1.82) is 0 Å². The van der Waals surface area contributed by atoms with Gasteiger partial charge in [0.05, 0.1) is 6.42 Å². The van der Waals surface area contributed by atoms with Crippen molar-refractivity contribution in [3.63, 3.8) is 0 Å². The van der Waals surface area contributed by atoms with Gasteiger partial charge >= 0.3 is 18.0 Å². The average Bonchev–Trinajstić information content (AvgIpc) is 2.28. The molecule has 0 aliphatic heterocycles. The third-order valence-electron chi connectivity index (χ3n) is 3.10. The molecule has 0 heterocycles. The van der Waals surface area contributed by atoms with Crippen LogP contribution in [0.2, 0.25) is 0 Å². The van der Waals surface area contributed by atoms with Crippen LogP contribution in [0, 0.1) is 5.92 Å². The molecule has 2 amide bonds. The molecule has 7 nitrogen and oxygen atoms in total. The largest absolute Gasteiger partial charge is 0.481 e. The zero-order chi connectivity index (χ0) is 15.0. The third-order valence-corrected chi connectivity index (χ3v) is 3.10. The molecule has 0 aliphatic rings. The molecule has 110 valence electrons. The lowest BCUT2D eigenvalue weighted by atomic mass is 9.96. The molecular weight excluding hydrogens is 252 g/mol. The number of urea groups is 1. The van der Waals surface area contributed by atoms with Gasteiger partial charge in [-0.2, -0.15) is 0 Å². The minimum Gasteiger partial charge on any atom is -0.481 e. The molecule has 0 saturated heterocycles. The fraction of sp³-hybridized carbons (Fsp3) is 0.750. The van der Waals surface area contributed by atoms with Gasteiger partial charge in [-0.3, -0.25) is 4.79 Å². The molecule has 0 spiro atoms. The van der Waals surface area contributed by atoms with Gasteiger partial charge in [0.2, 0.25) is 0 Å². The normalized spacial score (nSPS) is 13.7. The number of hydrogen-bond acceptors (Lipinski definition) is 3. The lowest BCUT2D eigenvalue weighted by Crippen LogP contribution is -2.50. The van der Waals surface area contributed by atoms with E-state index in [0.717, 1.165) is 12.8 Å². The Balaban J connectivity index is 4.41. The van der Waals surface area contributed by atoms with E-state index in [1.54, 1.807) is 0 Å². The topological polar surface area (TPSA) is 116 Å². The van der Waals surface area contributed by atoms with E-state index < -0.39 is 30.4 Å². The molecule has 0 saturated carbocycles. The third kappa shape index (κ3) is 6.64. The van der Waals surface area contributed by atoms with Gasteiger partial charge in [-0.15, -0.1) is 0 Å². The van der Waals surface area contributed by atoms with Gasteiger partial charge in [0.25, 0.3) is 0 Å². The quantitative estimate of drug-likeness (QED) is 0.527. The van der Waals surface area contributed by atoms with Crippen LogP contribution < -0.4 is 10.6 Å². The van der Waals surface area contributed by atoms with Crippen LogP contribution in [-0.4, -0.2) is 40.3 Å². The van der Waals surface area contributed by atoms with Crippen molar-refractivity contribution in [2.45, 2.75) is 52.1 Å². The molecule has 0 aromatic rings. The van der Waals surface area contributed by atoms with E-state index in [4.69, 9.17) is 10.2 Å². The number of carbonyl (C=O) groups excluding carboxylic acids is 1. The minimum atomic E-state index is -1.42. The van der Waals surface area contributed by atoms with Crippen molar-refractivity contribution in [2.24, 2.45) is 5.92 Å². The van der Waals surface area contributed by atoms with Crippen LogP contribution in [0.1, 0.15) is 40.0 Å². The molecular formula is C12H22N2O5. The van der Waals surface area contributed by atoms with Crippen LogP contribution in [0.5, 0.6) is 0 Å². The monoisotopic (exact) mass is 274 g/mol. The van der Waals surface area contributed by atoms with Crippen molar-refractivity contribution < 1.29 is 24.6 Å². The Hall–Kier alpha value is -1.79. The highest BCUT2D eigenvalue weighted by atomic mass is 16.4. The summed E-state index contributed by atoms with van der Waals surface area (Å²) < 4.78 is 0. The van der Waals surface area contributed by atoms with Crippen LogP contribution in [0.4, 0.5) is 4.79 Å². The molecule has 0 rings (SSSR count). The first-order valence-electron chi connectivity index (χ1n) is 6.33. The summed E-state index contributed by atoms with van der Waals surface area (Å²) in [4.78, 5) is 32.9. The Kier molecular flexibility index (Phi) is 7.55. The molecule has 1 unspecified atom stereocenters. The van der Waals surface area contributed by atoms with Gasteiger partial charge in [0, 0.05) is 6.04 Å². The van der Waals surface area contributed by atoms with Crippen molar-refractivity contribution in [3.05, 3.63) is 0 Å². The molecule has 2 atom stereocenters. The summed E-state index contributed by atoms with van der Waals surface area (Å²) in [6.45, 7) is 5.85. The number of carboxylic acids is 2. The zero-order valence-corrected chi connectivity index (χ0v) is 11.5. The van der Waals surface area contributed by atoms with Crippen molar-refractivity contribution in [2.75, 3.05) is 0 Å². The molecule has 0 fully saturated rings. The first kappa shape index (κ1) is 17.2. The molecule has 0 radical (unpaired) electrons. The van der Waals surface area contributed by atoms with Gasteiger partial charge in [-0.1, -0.05) is 26.7 Å². The number of hydrogen-bond donors (Lipinski definition) is 4. The maximum Gasteiger partial charge on any atom is 0.326 e. The standard InChI is InChI=1S/C12H22N2O5/c1-4-8(5-2)7(3)13-12(19)14-9(11(17)18)6-10(15)16/h7-9H,4-6H2,1-3H3,(H,15,16)(H,17,18)(H2,13,14,19)/t7?,9-/m1/s1. The SMILES string of the molecule is CCC(CC)C(C)NC(=O)N[C@H](CC(=O)O)C(=O)O. The first-order chi connectivity index (χ1) is 8.81. The highest BCUT2D eigenvalue weighted by Crippen LogP contribution is 2.12. The number of rotatable bonds is 8. The maximum absolute atomic E-state index is 11.6. The van der Waals surface area contributed by atoms with Crippen molar-refractivity contribution >= 4 is 18.0 Å². The van der Waals surface area contributed by atoms with E-state index in [1.807, 2.05) is 20.8 Å². The smallest absolute Gasteiger partial charge is 0.326 e. The molecule has 4 N–H and O–H groups in total. The molecule has 0 bridgehead atoms. The average molecular weight is 274 g/mol. The van der Waals surface area contributed by atoms with Crippen LogP contribution in [-0.2, 0) is 9.59 Å². The highest BCUT2D eigenvalue weighted by Gasteiger charge is 2.24. The van der Waals surface area contributed by atoms with Gasteiger partial charge in [-0.05, 0) is 12.8 Å². The Morgan fingerprint density at radius 2 is 1.58 bits per heavy atom. The number of carbonyl (C=O) groups is 3. The summed E-state index contributed by atoms with van der Waals surface area (Å²) in [5.41, 5.74) is 0. The van der Waals surface area contributed by atoms with E-state index in [0.29, 0.717) is 5.92 Å². The Labute approximate surface area is 112 Å². The first-order valence-corrected chi connectivity index (χ1v) is 6.33. The fourth-order valence-corrected chi connectivity index (χ4v) is 1.90. The Bertz CT molecular complexity index is 328. The van der Waals surface area contributed by atoms with Crippen LogP contribution in [0.3, 0.4) is 0 Å². The van der Waals surface area contributed by atoms with E-state index in [-0.39, 0.29) is 6.04 Å². The summed E-state index contributed by atoms with van der Waals surface area (Å²) in [5.74, 6) is -2.35. The predicted octanol–water partition coefficient (Wildman–Crippen LogP) is 1.04. The summed E-state index contributed by atoms with van der Waals surface area (Å²) >= 11 is 0. The number of aliphatic carboxylic acids is 2. The van der Waals surface area contributed by atoms with E-state index in [2.05, 4.69) is 10.6 Å². The Morgan fingerprint density at radius 3 is 1.95 bits per heavy atom. The predicted molar refractivity (Wildman–Crippen MR) is 68.9 cm³/mol. The summed E-state index contributed by atoms with van der Waals surface area (Å²) in [6.07, 6.45) is 1.15. The van der Waals surface area contributed by atoms with E-state index in [1.165, 1.54) is 0 Å². The summed E-state index contributed by atoms with van der Waals surface area (Å²) in [7, 11) is 0. The lowest BCUT2D eigenvalue weighted by Gasteiger charge is -2.23. The fourth-order valence-electron chi connectivity index (χ4n) is 1.90. The van der Waals surface area contributed by atoms with E-state index >= 15 is 0 Å². The van der Waals surface area contributed by atoms with Crippen LogP contribution in [0.15, 0.2) is 0 Å². The van der Waals surface area contributed by atoms with Crippen LogP contribution >= 0.6 is 0 Å². The van der Waals surface area contributed by atoms with E-state index in [9.17, 15) is 14.4 Å². The zero-order valence-electron chi connectivity index (χ0n) is 11.5. The Morgan fingerprint density at radius 1 is 1.05 bits per heavy atom. The maximum atomic E-state index is 11.6. The van der Waals surface area contributed by atoms with Gasteiger partial charge in [0.15, 0.2) is 0 Å². The second-order valence-corrected chi connectivity index (χ2v) is 4.47. The van der Waals surface area contributed by atoms with Gasteiger partial charge in [0.1, 0.15) is 6.04 Å². The van der Waals surface area contributed by atoms with Crippen LogP contribution in [0.25, 0.3) is 0 Å². The second-order valence-electron chi connectivity index (χ2n) is 4.47. The number of amides is 2. The number of nitrogens with one attached hydrogen (secondary N) is 2. The van der Waals surface area contributed by atoms with Crippen molar-refractivity contribution in [3.8, 4) is 0 Å². The molecule has 7 heteroatoms. The second kappa shape index (κ2) is 8.34. The molecule has 0 aromatic carbocycles. The van der Waals surface area contributed by atoms with Crippen molar-refractivity contribution in [1.82, 2.24) is 10.6 Å². The van der Waals surface area contributed by atoms with Gasteiger partial charge in [-0.25, -0.2) is 9.59 Å².